The van der Waals surface area contributed by atoms with Crippen LogP contribution in [0.15, 0.2) is 152 Å². The van der Waals surface area contributed by atoms with Crippen LogP contribution < -0.4 is 25.4 Å². The topological polar surface area (TPSA) is 18.5 Å². The Labute approximate surface area is 261 Å². The molecule has 2 heterocycles. The SMILES string of the molecule is S=P12c3ccccc3Oc3ccc(-c4cc(-c5ccccc5)cc(-c5ccccc5)c4)c(c31)Oc1ccc3ccccc3c12. The van der Waals surface area contributed by atoms with Crippen molar-refractivity contribution in [2.24, 2.45) is 0 Å². The molecule has 0 bridgehead atoms. The quantitative estimate of drug-likeness (QED) is 0.188. The predicted octanol–water partition coefficient (Wildman–Crippen LogP) is 9.81. The first kappa shape index (κ1) is 25.5. The number of fused-ring (bicyclic) bond motifs is 6. The Morgan fingerprint density at radius 1 is 0.432 bits per heavy atom. The number of ether oxygens (including phenoxy) is 2. The second kappa shape index (κ2) is 9.79. The lowest BCUT2D eigenvalue weighted by Crippen LogP contribution is -2.35. The van der Waals surface area contributed by atoms with Crippen molar-refractivity contribution in [3.63, 3.8) is 0 Å². The molecule has 2 aliphatic heterocycles. The fourth-order valence-electron chi connectivity index (χ4n) is 6.67. The van der Waals surface area contributed by atoms with E-state index in [2.05, 4.69) is 140 Å². The molecule has 0 spiro atoms. The smallest absolute Gasteiger partial charge is 0.148 e. The van der Waals surface area contributed by atoms with E-state index in [1.807, 2.05) is 12.1 Å². The van der Waals surface area contributed by atoms with E-state index in [1.54, 1.807) is 0 Å². The van der Waals surface area contributed by atoms with Crippen molar-refractivity contribution in [2.75, 3.05) is 0 Å². The normalized spacial score (nSPS) is 15.8. The molecule has 44 heavy (non-hydrogen) atoms. The van der Waals surface area contributed by atoms with Crippen LogP contribution in [0.5, 0.6) is 23.0 Å². The molecule has 0 N–H and O–H groups in total. The zero-order valence-electron chi connectivity index (χ0n) is 23.6. The highest BCUT2D eigenvalue weighted by atomic mass is 32.4. The first-order valence-corrected chi connectivity index (χ1v) is 17.5. The van der Waals surface area contributed by atoms with Crippen molar-refractivity contribution < 1.29 is 9.47 Å². The molecule has 0 fully saturated rings. The molecule has 7 aromatic rings. The second-order valence-electron chi connectivity index (χ2n) is 11.2. The standard InChI is InChI=1S/C40H25O2PS/c44-43-37-18-10-9-17-34(37)41-36-22-20-32(38(40(36)43)42-35-21-19-28-15-7-8-16-33(28)39(35)43)31-24-29(26-11-3-1-4-12-26)23-30(25-31)27-13-5-2-6-14-27/h1-25H. The van der Waals surface area contributed by atoms with Crippen molar-refractivity contribution in [1.29, 1.82) is 0 Å². The van der Waals surface area contributed by atoms with E-state index in [4.69, 9.17) is 21.3 Å². The molecule has 0 saturated carbocycles. The van der Waals surface area contributed by atoms with E-state index < -0.39 is 6.04 Å². The molecular weight excluding hydrogens is 575 g/mol. The summed E-state index contributed by atoms with van der Waals surface area (Å²) >= 11 is 6.95. The molecule has 1 atom stereocenters. The predicted molar refractivity (Wildman–Crippen MR) is 186 cm³/mol. The Kier molecular flexibility index (Phi) is 5.68. The van der Waals surface area contributed by atoms with Gasteiger partial charge in [0.15, 0.2) is 0 Å². The molecule has 2 aliphatic rings. The number of para-hydroxylation sites is 1. The lowest BCUT2D eigenvalue weighted by atomic mass is 9.93. The van der Waals surface area contributed by atoms with E-state index in [1.165, 1.54) is 11.1 Å². The molecule has 4 heteroatoms. The molecule has 0 aromatic heterocycles. The van der Waals surface area contributed by atoms with Gasteiger partial charge in [-0.1, -0.05) is 115 Å². The minimum atomic E-state index is -2.56. The van der Waals surface area contributed by atoms with Crippen LogP contribution in [0.2, 0.25) is 0 Å². The van der Waals surface area contributed by atoms with Gasteiger partial charge in [-0.3, -0.25) is 0 Å². The van der Waals surface area contributed by atoms with Gasteiger partial charge in [0.05, 0.1) is 11.3 Å². The summed E-state index contributed by atoms with van der Waals surface area (Å²) in [6, 6.07) is 50.5. The van der Waals surface area contributed by atoms with Crippen LogP contribution in [0.1, 0.15) is 0 Å². The van der Waals surface area contributed by atoms with Crippen LogP contribution in [0.4, 0.5) is 0 Å². The van der Waals surface area contributed by atoms with Gasteiger partial charge in [-0.05, 0) is 87.1 Å². The van der Waals surface area contributed by atoms with Gasteiger partial charge in [-0.25, -0.2) is 0 Å². The lowest BCUT2D eigenvalue weighted by molar-refractivity contribution is 0.468. The Morgan fingerprint density at radius 2 is 1.02 bits per heavy atom. The molecular formula is C40H25O2PS. The maximum absolute atomic E-state index is 6.97. The molecule has 208 valence electrons. The van der Waals surface area contributed by atoms with Crippen LogP contribution in [0.3, 0.4) is 0 Å². The first-order valence-electron chi connectivity index (χ1n) is 14.7. The van der Waals surface area contributed by atoms with E-state index in [0.29, 0.717) is 0 Å². The van der Waals surface area contributed by atoms with Crippen molar-refractivity contribution in [3.8, 4) is 56.4 Å². The Bertz CT molecular complexity index is 2250. The Balaban J connectivity index is 1.35. The maximum Gasteiger partial charge on any atom is 0.148 e. The van der Waals surface area contributed by atoms with Gasteiger partial charge in [0.2, 0.25) is 0 Å². The maximum atomic E-state index is 6.97. The zero-order chi connectivity index (χ0) is 29.3. The van der Waals surface area contributed by atoms with Crippen molar-refractivity contribution >= 4 is 44.5 Å². The highest BCUT2D eigenvalue weighted by Crippen LogP contribution is 2.61. The number of hydrogen-bond donors (Lipinski definition) is 0. The summed E-state index contributed by atoms with van der Waals surface area (Å²) in [5.41, 5.74) is 6.71. The third kappa shape index (κ3) is 3.77. The monoisotopic (exact) mass is 600 g/mol. The summed E-state index contributed by atoms with van der Waals surface area (Å²) in [4.78, 5) is 0. The summed E-state index contributed by atoms with van der Waals surface area (Å²) in [6.07, 6.45) is 0. The fourth-order valence-corrected chi connectivity index (χ4v) is 11.5. The van der Waals surface area contributed by atoms with Crippen molar-refractivity contribution in [2.45, 2.75) is 0 Å². The van der Waals surface area contributed by atoms with Crippen LogP contribution in [-0.4, -0.2) is 0 Å². The van der Waals surface area contributed by atoms with Gasteiger partial charge in [-0.2, -0.15) is 0 Å². The highest BCUT2D eigenvalue weighted by molar-refractivity contribution is 8.26. The Morgan fingerprint density at radius 3 is 1.77 bits per heavy atom. The number of hydrogen-bond acceptors (Lipinski definition) is 3. The fraction of sp³-hybridized carbons (Fsp3) is 0. The van der Waals surface area contributed by atoms with Gasteiger partial charge in [0.25, 0.3) is 0 Å². The largest absolute Gasteiger partial charge is 0.456 e. The van der Waals surface area contributed by atoms with Crippen LogP contribution in [-0.2, 0) is 11.8 Å². The molecule has 0 amide bonds. The summed E-state index contributed by atoms with van der Waals surface area (Å²) < 4.78 is 13.5. The molecule has 1 unspecified atom stereocenters. The molecule has 0 aliphatic carbocycles. The van der Waals surface area contributed by atoms with E-state index in [0.717, 1.165) is 71.9 Å². The number of rotatable bonds is 3. The molecule has 9 rings (SSSR count). The van der Waals surface area contributed by atoms with Gasteiger partial charge >= 0.3 is 0 Å². The first-order chi connectivity index (χ1) is 21.7. The van der Waals surface area contributed by atoms with Crippen LogP contribution in [0.25, 0.3) is 44.2 Å². The molecule has 0 saturated heterocycles. The minimum Gasteiger partial charge on any atom is -0.456 e. The van der Waals surface area contributed by atoms with Gasteiger partial charge in [0.1, 0.15) is 23.0 Å². The van der Waals surface area contributed by atoms with Crippen molar-refractivity contribution in [1.82, 2.24) is 0 Å². The van der Waals surface area contributed by atoms with Crippen LogP contribution in [0, 0.1) is 0 Å². The second-order valence-corrected chi connectivity index (χ2v) is 15.5. The molecule has 7 aromatic carbocycles. The van der Waals surface area contributed by atoms with Crippen LogP contribution >= 0.6 is 6.04 Å². The zero-order valence-corrected chi connectivity index (χ0v) is 25.3. The van der Waals surface area contributed by atoms with Crippen molar-refractivity contribution in [3.05, 3.63) is 152 Å². The highest BCUT2D eigenvalue weighted by Gasteiger charge is 2.44. The summed E-state index contributed by atoms with van der Waals surface area (Å²) in [6.45, 7) is 0. The third-order valence-electron chi connectivity index (χ3n) is 8.68. The minimum absolute atomic E-state index is 0.784. The summed E-state index contributed by atoms with van der Waals surface area (Å²) in [5, 5.41) is 5.48. The third-order valence-corrected chi connectivity index (χ3v) is 13.6. The summed E-state index contributed by atoms with van der Waals surface area (Å²) in [5.74, 6) is 3.25. The van der Waals surface area contributed by atoms with Gasteiger partial charge in [0, 0.05) is 16.2 Å². The van der Waals surface area contributed by atoms with Gasteiger partial charge in [-0.15, -0.1) is 0 Å². The molecule has 2 nitrogen and oxygen atoms in total. The summed E-state index contributed by atoms with van der Waals surface area (Å²) in [7, 11) is 0. The van der Waals surface area contributed by atoms with E-state index >= 15 is 0 Å². The van der Waals surface area contributed by atoms with E-state index in [9.17, 15) is 0 Å². The average Bonchev–Trinajstić information content (AvgIpc) is 3.09. The average molecular weight is 601 g/mol. The van der Waals surface area contributed by atoms with Gasteiger partial charge < -0.3 is 9.47 Å². The lowest BCUT2D eigenvalue weighted by Gasteiger charge is -2.38. The molecule has 0 radical (unpaired) electrons. The Hall–Kier alpha value is -4.95. The van der Waals surface area contributed by atoms with E-state index in [-0.39, 0.29) is 0 Å². The number of benzene rings is 7.